The maximum Gasteiger partial charge on any atom is 0.416 e. The van der Waals surface area contributed by atoms with Crippen LogP contribution in [-0.2, 0) is 12.7 Å². The first kappa shape index (κ1) is 24.0. The van der Waals surface area contributed by atoms with Crippen LogP contribution in [-0.4, -0.2) is 52.1 Å². The van der Waals surface area contributed by atoms with Gasteiger partial charge in [0.25, 0.3) is 5.56 Å². The standard InChI is InChI=1S/C24H29F3N6O/c1-14(2)32-8-10-33(11-9-32)20-12-18-21(29-16(4)30-22(18)31-23(20)34)28-13-17-6-5-7-19(15(17)3)24(25,26)27/h5-7,12,14H,8-11,13H2,1-4H3,(H2,28,29,30,31,34). The smallest absolute Gasteiger partial charge is 0.365 e. The molecule has 1 aromatic carbocycles. The SMILES string of the molecule is Cc1nc(NCc2cccc(C(F)(F)F)c2C)c2cc(N3CCN(C(C)C)CC3)c(=O)[nH]c2n1. The topological polar surface area (TPSA) is 77.2 Å². The highest BCUT2D eigenvalue weighted by molar-refractivity contribution is 5.89. The molecular formula is C24H29F3N6O. The number of aryl methyl sites for hydroxylation is 1. The molecule has 3 heterocycles. The van der Waals surface area contributed by atoms with Crippen LogP contribution in [0.5, 0.6) is 0 Å². The average Bonchev–Trinajstić information content (AvgIpc) is 2.77. The third-order valence-corrected chi connectivity index (χ3v) is 6.39. The van der Waals surface area contributed by atoms with Crippen LogP contribution in [0.2, 0.25) is 0 Å². The van der Waals surface area contributed by atoms with E-state index in [1.54, 1.807) is 19.1 Å². The molecule has 1 saturated heterocycles. The molecule has 0 unspecified atom stereocenters. The minimum Gasteiger partial charge on any atom is -0.365 e. The molecule has 0 radical (unpaired) electrons. The Morgan fingerprint density at radius 2 is 1.82 bits per heavy atom. The second-order valence-electron chi connectivity index (χ2n) is 8.92. The van der Waals surface area contributed by atoms with Crippen molar-refractivity contribution in [2.75, 3.05) is 36.4 Å². The van der Waals surface area contributed by atoms with Gasteiger partial charge in [0, 0.05) is 38.8 Å². The number of piperazine rings is 1. The number of benzene rings is 1. The molecule has 1 aliphatic heterocycles. The number of rotatable bonds is 5. The van der Waals surface area contributed by atoms with Gasteiger partial charge in [-0.15, -0.1) is 0 Å². The minimum absolute atomic E-state index is 0.156. The van der Waals surface area contributed by atoms with Crippen molar-refractivity contribution in [3.8, 4) is 0 Å². The molecule has 7 nitrogen and oxygen atoms in total. The fourth-order valence-corrected chi connectivity index (χ4v) is 4.40. The molecule has 182 valence electrons. The number of hydrogen-bond donors (Lipinski definition) is 2. The van der Waals surface area contributed by atoms with Gasteiger partial charge in [-0.2, -0.15) is 13.2 Å². The molecule has 0 spiro atoms. The quantitative estimate of drug-likeness (QED) is 0.580. The number of nitrogens with zero attached hydrogens (tertiary/aromatic N) is 4. The van der Waals surface area contributed by atoms with Crippen molar-refractivity contribution in [2.24, 2.45) is 0 Å². The van der Waals surface area contributed by atoms with Crippen molar-refractivity contribution in [3.05, 3.63) is 57.1 Å². The summed E-state index contributed by atoms with van der Waals surface area (Å²) >= 11 is 0. The van der Waals surface area contributed by atoms with E-state index in [4.69, 9.17) is 0 Å². The van der Waals surface area contributed by atoms with Gasteiger partial charge in [0.15, 0.2) is 0 Å². The summed E-state index contributed by atoms with van der Waals surface area (Å²) in [6.45, 7) is 10.8. The predicted octanol–water partition coefficient (Wildman–Crippen LogP) is 4.10. The van der Waals surface area contributed by atoms with E-state index in [1.165, 1.54) is 13.0 Å². The highest BCUT2D eigenvalue weighted by atomic mass is 19.4. The first-order valence-electron chi connectivity index (χ1n) is 11.3. The molecule has 2 N–H and O–H groups in total. The molecular weight excluding hydrogens is 445 g/mol. The van der Waals surface area contributed by atoms with Crippen LogP contribution in [0.4, 0.5) is 24.7 Å². The zero-order chi connectivity index (χ0) is 24.6. The monoisotopic (exact) mass is 474 g/mol. The van der Waals surface area contributed by atoms with E-state index < -0.39 is 11.7 Å². The average molecular weight is 475 g/mol. The van der Waals surface area contributed by atoms with Crippen LogP contribution in [0.15, 0.2) is 29.1 Å². The van der Waals surface area contributed by atoms with Crippen LogP contribution in [0.3, 0.4) is 0 Å². The van der Waals surface area contributed by atoms with Crippen molar-refractivity contribution in [3.63, 3.8) is 0 Å². The fraction of sp³-hybridized carbons (Fsp3) is 0.458. The lowest BCUT2D eigenvalue weighted by molar-refractivity contribution is -0.138. The maximum atomic E-state index is 13.3. The number of anilines is 2. The predicted molar refractivity (Wildman–Crippen MR) is 127 cm³/mol. The second kappa shape index (κ2) is 9.25. The van der Waals surface area contributed by atoms with Crippen LogP contribution in [0.1, 0.15) is 36.4 Å². The normalized spacial score (nSPS) is 15.4. The van der Waals surface area contributed by atoms with Gasteiger partial charge in [0.1, 0.15) is 23.0 Å². The Bertz CT molecular complexity index is 1250. The van der Waals surface area contributed by atoms with E-state index in [9.17, 15) is 18.0 Å². The number of fused-ring (bicyclic) bond motifs is 1. The van der Waals surface area contributed by atoms with E-state index in [1.807, 2.05) is 0 Å². The van der Waals surface area contributed by atoms with Crippen molar-refractivity contribution in [2.45, 2.75) is 46.5 Å². The summed E-state index contributed by atoms with van der Waals surface area (Å²) in [5.41, 5.74) is 0.765. The van der Waals surface area contributed by atoms with E-state index in [2.05, 4.69) is 43.9 Å². The van der Waals surface area contributed by atoms with Gasteiger partial charge in [0.05, 0.1) is 10.9 Å². The summed E-state index contributed by atoms with van der Waals surface area (Å²) in [5.74, 6) is 0.919. The summed E-state index contributed by atoms with van der Waals surface area (Å²) in [6.07, 6.45) is -4.41. The summed E-state index contributed by atoms with van der Waals surface area (Å²) in [5, 5.41) is 3.79. The third-order valence-electron chi connectivity index (χ3n) is 6.39. The molecule has 0 atom stereocenters. The first-order valence-corrected chi connectivity index (χ1v) is 11.3. The Labute approximate surface area is 196 Å². The van der Waals surface area contributed by atoms with Crippen LogP contribution >= 0.6 is 0 Å². The van der Waals surface area contributed by atoms with E-state index >= 15 is 0 Å². The van der Waals surface area contributed by atoms with Crippen molar-refractivity contribution in [1.82, 2.24) is 19.9 Å². The zero-order valence-corrected chi connectivity index (χ0v) is 19.8. The number of aromatic amines is 1. The van der Waals surface area contributed by atoms with E-state index in [-0.39, 0.29) is 17.7 Å². The molecule has 34 heavy (non-hydrogen) atoms. The Kier molecular flexibility index (Phi) is 6.53. The molecule has 4 rings (SSSR count). The Balaban J connectivity index is 1.65. The first-order chi connectivity index (χ1) is 16.0. The lowest BCUT2D eigenvalue weighted by Gasteiger charge is -2.37. The fourth-order valence-electron chi connectivity index (χ4n) is 4.40. The van der Waals surface area contributed by atoms with Crippen LogP contribution in [0, 0.1) is 13.8 Å². The van der Waals surface area contributed by atoms with Gasteiger partial charge < -0.3 is 15.2 Å². The molecule has 0 saturated carbocycles. The molecule has 2 aromatic heterocycles. The number of nitrogens with one attached hydrogen (secondary N) is 2. The van der Waals surface area contributed by atoms with E-state index in [0.29, 0.717) is 40.0 Å². The van der Waals surface area contributed by atoms with Gasteiger partial charge in [-0.25, -0.2) is 9.97 Å². The number of alkyl halides is 3. The highest BCUT2D eigenvalue weighted by Crippen LogP contribution is 2.33. The van der Waals surface area contributed by atoms with Crippen LogP contribution in [0.25, 0.3) is 11.0 Å². The molecule has 0 bridgehead atoms. The lowest BCUT2D eigenvalue weighted by Crippen LogP contribution is -2.50. The van der Waals surface area contributed by atoms with Gasteiger partial charge in [-0.1, -0.05) is 12.1 Å². The number of pyridine rings is 1. The molecule has 3 aromatic rings. The van der Waals surface area contributed by atoms with Gasteiger partial charge in [0.2, 0.25) is 0 Å². The summed E-state index contributed by atoms with van der Waals surface area (Å²) in [6, 6.07) is 6.38. The van der Waals surface area contributed by atoms with Crippen molar-refractivity contribution >= 4 is 22.5 Å². The van der Waals surface area contributed by atoms with Gasteiger partial charge >= 0.3 is 6.18 Å². The molecule has 1 fully saturated rings. The number of H-pyrrole nitrogens is 1. The zero-order valence-electron chi connectivity index (χ0n) is 19.8. The largest absolute Gasteiger partial charge is 0.416 e. The Hall–Kier alpha value is -3.14. The highest BCUT2D eigenvalue weighted by Gasteiger charge is 2.32. The lowest BCUT2D eigenvalue weighted by atomic mass is 10.0. The number of aromatic nitrogens is 3. The maximum absolute atomic E-state index is 13.3. The summed E-state index contributed by atoms with van der Waals surface area (Å²) < 4.78 is 39.9. The summed E-state index contributed by atoms with van der Waals surface area (Å²) in [4.78, 5) is 28.9. The second-order valence-corrected chi connectivity index (χ2v) is 8.92. The van der Waals surface area contributed by atoms with Crippen molar-refractivity contribution in [1.29, 1.82) is 0 Å². The Morgan fingerprint density at radius 1 is 1.12 bits per heavy atom. The number of hydrogen-bond acceptors (Lipinski definition) is 6. The molecule has 0 aliphatic carbocycles. The minimum atomic E-state index is -4.41. The van der Waals surface area contributed by atoms with Gasteiger partial charge in [-0.05, 0) is 51.0 Å². The molecule has 0 amide bonds. The molecule has 1 aliphatic rings. The van der Waals surface area contributed by atoms with E-state index in [0.717, 1.165) is 32.2 Å². The van der Waals surface area contributed by atoms with Crippen LogP contribution < -0.4 is 15.8 Å². The van der Waals surface area contributed by atoms with Gasteiger partial charge in [-0.3, -0.25) is 9.69 Å². The third kappa shape index (κ3) is 4.86. The Morgan fingerprint density at radius 3 is 2.47 bits per heavy atom. The molecule has 10 heteroatoms. The number of halogens is 3. The summed E-state index contributed by atoms with van der Waals surface area (Å²) in [7, 11) is 0. The van der Waals surface area contributed by atoms with Crippen molar-refractivity contribution < 1.29 is 13.2 Å².